The van der Waals surface area contributed by atoms with Crippen LogP contribution in [0.1, 0.15) is 17.7 Å². The van der Waals surface area contributed by atoms with Gasteiger partial charge in [-0.1, -0.05) is 30.3 Å². The zero-order valence-electron chi connectivity index (χ0n) is 13.7. The van der Waals surface area contributed by atoms with Crippen molar-refractivity contribution < 1.29 is 4.74 Å². The van der Waals surface area contributed by atoms with Crippen molar-refractivity contribution in [3.63, 3.8) is 0 Å². The topological polar surface area (TPSA) is 50.3 Å². The zero-order valence-corrected chi connectivity index (χ0v) is 13.7. The molecule has 3 rings (SSSR count). The Bertz CT molecular complexity index is 612. The third-order valence-electron chi connectivity index (χ3n) is 3.94. The van der Waals surface area contributed by atoms with Crippen LogP contribution in [0.3, 0.4) is 0 Å². The molecule has 0 amide bonds. The fourth-order valence-electron chi connectivity index (χ4n) is 2.72. The van der Waals surface area contributed by atoms with Crippen molar-refractivity contribution in [2.45, 2.75) is 19.8 Å². The highest BCUT2D eigenvalue weighted by molar-refractivity contribution is 5.45. The fourth-order valence-corrected chi connectivity index (χ4v) is 2.72. The SMILES string of the molecule is Cc1cc(N2CCOCC2)nc(NCCCc2ccccc2)n1. The van der Waals surface area contributed by atoms with Gasteiger partial charge in [0.2, 0.25) is 5.95 Å². The summed E-state index contributed by atoms with van der Waals surface area (Å²) in [4.78, 5) is 11.4. The van der Waals surface area contributed by atoms with Crippen molar-refractivity contribution in [3.05, 3.63) is 47.7 Å². The van der Waals surface area contributed by atoms with Crippen LogP contribution >= 0.6 is 0 Å². The second-order valence-corrected chi connectivity index (χ2v) is 5.81. The van der Waals surface area contributed by atoms with E-state index in [1.807, 2.05) is 13.0 Å². The summed E-state index contributed by atoms with van der Waals surface area (Å²) in [6.45, 7) is 6.21. The minimum absolute atomic E-state index is 0.722. The molecule has 1 N–H and O–H groups in total. The largest absolute Gasteiger partial charge is 0.378 e. The van der Waals surface area contributed by atoms with Crippen LogP contribution in [0.15, 0.2) is 36.4 Å². The van der Waals surface area contributed by atoms with Gasteiger partial charge in [-0.2, -0.15) is 4.98 Å². The average molecular weight is 312 g/mol. The van der Waals surface area contributed by atoms with Gasteiger partial charge in [-0.25, -0.2) is 4.98 Å². The van der Waals surface area contributed by atoms with Gasteiger partial charge >= 0.3 is 0 Å². The standard InChI is InChI=1S/C18H24N4O/c1-15-14-17(22-10-12-23-13-11-22)21-18(20-15)19-9-5-8-16-6-3-2-4-7-16/h2-4,6-7,14H,5,8-13H2,1H3,(H,19,20,21). The molecule has 0 spiro atoms. The van der Waals surface area contributed by atoms with Gasteiger partial charge in [0.25, 0.3) is 0 Å². The normalized spacial score (nSPS) is 14.7. The quantitative estimate of drug-likeness (QED) is 0.831. The molecular weight excluding hydrogens is 288 g/mol. The highest BCUT2D eigenvalue weighted by atomic mass is 16.5. The molecule has 1 aliphatic rings. The van der Waals surface area contributed by atoms with Crippen molar-refractivity contribution in [1.29, 1.82) is 0 Å². The zero-order chi connectivity index (χ0) is 15.9. The summed E-state index contributed by atoms with van der Waals surface area (Å²) >= 11 is 0. The number of benzene rings is 1. The minimum atomic E-state index is 0.722. The van der Waals surface area contributed by atoms with Crippen LogP contribution in [0, 0.1) is 6.92 Å². The molecule has 1 aromatic heterocycles. The molecule has 2 heterocycles. The lowest BCUT2D eigenvalue weighted by molar-refractivity contribution is 0.122. The number of ether oxygens (including phenoxy) is 1. The number of aryl methyl sites for hydroxylation is 2. The van der Waals surface area contributed by atoms with Gasteiger partial charge in [-0.15, -0.1) is 0 Å². The Morgan fingerprint density at radius 2 is 1.91 bits per heavy atom. The van der Waals surface area contributed by atoms with Gasteiger partial charge in [-0.3, -0.25) is 0 Å². The van der Waals surface area contributed by atoms with Crippen molar-refractivity contribution in [2.24, 2.45) is 0 Å². The van der Waals surface area contributed by atoms with Gasteiger partial charge in [0.15, 0.2) is 0 Å². The molecule has 0 aliphatic carbocycles. The molecule has 5 nitrogen and oxygen atoms in total. The van der Waals surface area contributed by atoms with Gasteiger partial charge in [-0.05, 0) is 25.3 Å². The number of nitrogens with one attached hydrogen (secondary N) is 1. The number of rotatable bonds is 6. The number of anilines is 2. The maximum absolute atomic E-state index is 5.40. The second kappa shape index (κ2) is 7.92. The van der Waals surface area contributed by atoms with Crippen LogP contribution in [-0.2, 0) is 11.2 Å². The first-order valence-corrected chi connectivity index (χ1v) is 8.27. The van der Waals surface area contributed by atoms with E-state index in [1.54, 1.807) is 0 Å². The van der Waals surface area contributed by atoms with Crippen molar-refractivity contribution in [3.8, 4) is 0 Å². The molecule has 122 valence electrons. The molecule has 1 aromatic carbocycles. The molecule has 1 fully saturated rings. The van der Waals surface area contributed by atoms with Crippen LogP contribution in [0.4, 0.5) is 11.8 Å². The number of hydrogen-bond acceptors (Lipinski definition) is 5. The van der Waals surface area contributed by atoms with Crippen LogP contribution in [0.5, 0.6) is 0 Å². The maximum atomic E-state index is 5.40. The number of morpholine rings is 1. The van der Waals surface area contributed by atoms with E-state index in [-0.39, 0.29) is 0 Å². The van der Waals surface area contributed by atoms with E-state index in [1.165, 1.54) is 5.56 Å². The van der Waals surface area contributed by atoms with Crippen LogP contribution < -0.4 is 10.2 Å². The molecule has 0 bridgehead atoms. The van der Waals surface area contributed by atoms with E-state index in [2.05, 4.69) is 50.5 Å². The van der Waals surface area contributed by atoms with E-state index in [4.69, 9.17) is 4.74 Å². The highest BCUT2D eigenvalue weighted by Crippen LogP contribution is 2.16. The first-order chi connectivity index (χ1) is 11.3. The monoisotopic (exact) mass is 312 g/mol. The summed E-state index contributed by atoms with van der Waals surface area (Å²) in [5.74, 6) is 1.71. The van der Waals surface area contributed by atoms with Gasteiger partial charge in [0.1, 0.15) is 5.82 Å². The third-order valence-corrected chi connectivity index (χ3v) is 3.94. The number of aromatic nitrogens is 2. The van der Waals surface area contributed by atoms with E-state index >= 15 is 0 Å². The molecule has 1 aliphatic heterocycles. The first kappa shape index (κ1) is 15.7. The summed E-state index contributed by atoms with van der Waals surface area (Å²) in [5, 5.41) is 3.36. The predicted molar refractivity (Wildman–Crippen MR) is 93.1 cm³/mol. The third kappa shape index (κ3) is 4.66. The van der Waals surface area contributed by atoms with Gasteiger partial charge in [0, 0.05) is 31.4 Å². The lowest BCUT2D eigenvalue weighted by Crippen LogP contribution is -2.37. The Morgan fingerprint density at radius 3 is 2.70 bits per heavy atom. The lowest BCUT2D eigenvalue weighted by Gasteiger charge is -2.28. The molecule has 23 heavy (non-hydrogen) atoms. The van der Waals surface area contributed by atoms with Crippen LogP contribution in [-0.4, -0.2) is 42.8 Å². The van der Waals surface area contributed by atoms with Gasteiger partial charge in [0.05, 0.1) is 13.2 Å². The van der Waals surface area contributed by atoms with Crippen LogP contribution in [0.25, 0.3) is 0 Å². The molecular formula is C18H24N4O. The van der Waals surface area contributed by atoms with E-state index in [0.29, 0.717) is 0 Å². The summed E-state index contributed by atoms with van der Waals surface area (Å²) < 4.78 is 5.40. The van der Waals surface area contributed by atoms with Crippen molar-refractivity contribution in [1.82, 2.24) is 9.97 Å². The number of nitrogens with zero attached hydrogens (tertiary/aromatic N) is 3. The molecule has 0 saturated carbocycles. The molecule has 0 radical (unpaired) electrons. The van der Waals surface area contributed by atoms with Gasteiger partial charge < -0.3 is 15.0 Å². The fraction of sp³-hybridized carbons (Fsp3) is 0.444. The Morgan fingerprint density at radius 1 is 1.13 bits per heavy atom. The number of hydrogen-bond donors (Lipinski definition) is 1. The lowest BCUT2D eigenvalue weighted by atomic mass is 10.1. The Balaban J connectivity index is 1.54. The second-order valence-electron chi connectivity index (χ2n) is 5.81. The van der Waals surface area contributed by atoms with E-state index < -0.39 is 0 Å². The minimum Gasteiger partial charge on any atom is -0.378 e. The molecule has 2 aromatic rings. The molecule has 0 atom stereocenters. The summed E-state index contributed by atoms with van der Waals surface area (Å²) in [5.41, 5.74) is 2.36. The van der Waals surface area contributed by atoms with Crippen molar-refractivity contribution >= 4 is 11.8 Å². The Kier molecular flexibility index (Phi) is 5.42. The molecule has 1 saturated heterocycles. The maximum Gasteiger partial charge on any atom is 0.224 e. The first-order valence-electron chi connectivity index (χ1n) is 8.27. The van der Waals surface area contributed by atoms with Crippen LogP contribution in [0.2, 0.25) is 0 Å². The molecule has 5 heteroatoms. The summed E-state index contributed by atoms with van der Waals surface area (Å²) in [6, 6.07) is 12.6. The highest BCUT2D eigenvalue weighted by Gasteiger charge is 2.13. The smallest absolute Gasteiger partial charge is 0.224 e. The molecule has 0 unspecified atom stereocenters. The van der Waals surface area contributed by atoms with E-state index in [9.17, 15) is 0 Å². The summed E-state index contributed by atoms with van der Waals surface area (Å²) in [7, 11) is 0. The van der Waals surface area contributed by atoms with Crippen molar-refractivity contribution in [2.75, 3.05) is 43.1 Å². The van der Waals surface area contributed by atoms with E-state index in [0.717, 1.165) is 63.1 Å². The Hall–Kier alpha value is -2.14. The summed E-state index contributed by atoms with van der Waals surface area (Å²) in [6.07, 6.45) is 2.13. The Labute approximate surface area is 137 Å². The predicted octanol–water partition coefficient (Wildman–Crippen LogP) is 2.67. The average Bonchev–Trinajstić information content (AvgIpc) is 2.60.